The minimum absolute atomic E-state index is 0.207. The molecule has 20 heavy (non-hydrogen) atoms. The van der Waals surface area contributed by atoms with Gasteiger partial charge in [-0.3, -0.25) is 0 Å². The van der Waals surface area contributed by atoms with Crippen molar-refractivity contribution in [2.75, 3.05) is 0 Å². The van der Waals surface area contributed by atoms with Gasteiger partial charge in [0.05, 0.1) is 11.1 Å². The number of imidazole rings is 1. The van der Waals surface area contributed by atoms with Crippen molar-refractivity contribution < 1.29 is 4.42 Å². The first-order chi connectivity index (χ1) is 9.56. The van der Waals surface area contributed by atoms with Gasteiger partial charge < -0.3 is 8.98 Å². The van der Waals surface area contributed by atoms with Crippen molar-refractivity contribution in [3.63, 3.8) is 0 Å². The van der Waals surface area contributed by atoms with Gasteiger partial charge in [0.15, 0.2) is 5.65 Å². The summed E-state index contributed by atoms with van der Waals surface area (Å²) in [5.74, 6) is 2.25. The maximum Gasteiger partial charge on any atom is 0.214 e. The fourth-order valence-corrected chi connectivity index (χ4v) is 2.34. The second kappa shape index (κ2) is 4.90. The molecule has 1 atom stereocenters. The van der Waals surface area contributed by atoms with Crippen LogP contribution in [0.5, 0.6) is 0 Å². The number of aryl methyl sites for hydroxylation is 2. The summed E-state index contributed by atoms with van der Waals surface area (Å²) in [4.78, 5) is 13.3. The number of alkyl halides is 1. The molecular formula is C14H15ClN4O. The molecule has 0 aliphatic carbocycles. The monoisotopic (exact) mass is 290 g/mol. The lowest BCUT2D eigenvalue weighted by Gasteiger charge is -2.07. The van der Waals surface area contributed by atoms with E-state index in [4.69, 9.17) is 16.0 Å². The molecule has 0 aliphatic heterocycles. The van der Waals surface area contributed by atoms with Gasteiger partial charge in [-0.2, -0.15) is 0 Å². The Hall–Kier alpha value is -1.88. The highest BCUT2D eigenvalue weighted by Gasteiger charge is 2.17. The highest BCUT2D eigenvalue weighted by Crippen LogP contribution is 2.24. The van der Waals surface area contributed by atoms with E-state index in [0.717, 1.165) is 28.4 Å². The summed E-state index contributed by atoms with van der Waals surface area (Å²) in [7, 11) is 0. The standard InChI is InChI=1S/C14H15ClN4O/c1-8(15)13-18-11-5-4-6-16-14(11)19(13)7-12-17-9(2)10(3)20-12/h4-6,8H,7H2,1-3H3. The van der Waals surface area contributed by atoms with Gasteiger partial charge >= 0.3 is 0 Å². The first-order valence-corrected chi connectivity index (χ1v) is 6.88. The molecule has 0 N–H and O–H groups in total. The number of hydrogen-bond acceptors (Lipinski definition) is 4. The van der Waals surface area contributed by atoms with Crippen molar-refractivity contribution in [1.29, 1.82) is 0 Å². The minimum atomic E-state index is -0.207. The van der Waals surface area contributed by atoms with Crippen molar-refractivity contribution in [1.82, 2.24) is 19.5 Å². The van der Waals surface area contributed by atoms with Crippen LogP contribution in [0.25, 0.3) is 11.2 Å². The van der Waals surface area contributed by atoms with Gasteiger partial charge in [0.2, 0.25) is 5.89 Å². The predicted molar refractivity (Wildman–Crippen MR) is 76.9 cm³/mol. The Morgan fingerprint density at radius 1 is 1.35 bits per heavy atom. The molecule has 5 nitrogen and oxygen atoms in total. The van der Waals surface area contributed by atoms with Gasteiger partial charge in [0.25, 0.3) is 0 Å². The van der Waals surface area contributed by atoms with Crippen molar-refractivity contribution in [2.24, 2.45) is 0 Å². The van der Waals surface area contributed by atoms with E-state index in [2.05, 4.69) is 15.0 Å². The van der Waals surface area contributed by atoms with Crippen LogP contribution < -0.4 is 0 Å². The van der Waals surface area contributed by atoms with E-state index in [9.17, 15) is 0 Å². The van der Waals surface area contributed by atoms with E-state index in [-0.39, 0.29) is 5.38 Å². The van der Waals surface area contributed by atoms with E-state index in [1.807, 2.05) is 37.5 Å². The van der Waals surface area contributed by atoms with E-state index >= 15 is 0 Å². The summed E-state index contributed by atoms with van der Waals surface area (Å²) in [5, 5.41) is -0.207. The van der Waals surface area contributed by atoms with Gasteiger partial charge in [-0.15, -0.1) is 11.6 Å². The maximum absolute atomic E-state index is 6.22. The molecule has 0 fully saturated rings. The number of rotatable bonds is 3. The summed E-state index contributed by atoms with van der Waals surface area (Å²) < 4.78 is 7.60. The summed E-state index contributed by atoms with van der Waals surface area (Å²) >= 11 is 6.22. The lowest BCUT2D eigenvalue weighted by Crippen LogP contribution is -2.06. The molecule has 0 radical (unpaired) electrons. The second-order valence-corrected chi connectivity index (χ2v) is 5.42. The molecule has 104 valence electrons. The van der Waals surface area contributed by atoms with Crippen molar-refractivity contribution in [3.8, 4) is 0 Å². The first-order valence-electron chi connectivity index (χ1n) is 6.44. The number of oxazole rings is 1. The molecule has 3 aromatic heterocycles. The fraction of sp³-hybridized carbons (Fsp3) is 0.357. The van der Waals surface area contributed by atoms with Crippen LogP contribution in [-0.4, -0.2) is 19.5 Å². The van der Waals surface area contributed by atoms with Gasteiger partial charge in [-0.05, 0) is 32.9 Å². The molecule has 0 saturated carbocycles. The summed E-state index contributed by atoms with van der Waals surface area (Å²) in [6, 6.07) is 3.79. The van der Waals surface area contributed by atoms with E-state index in [1.54, 1.807) is 6.20 Å². The molecular weight excluding hydrogens is 276 g/mol. The van der Waals surface area contributed by atoms with Crippen molar-refractivity contribution in [2.45, 2.75) is 32.7 Å². The molecule has 0 bridgehead atoms. The molecule has 6 heteroatoms. The van der Waals surface area contributed by atoms with Crippen molar-refractivity contribution >= 4 is 22.8 Å². The highest BCUT2D eigenvalue weighted by molar-refractivity contribution is 6.20. The third-order valence-corrected chi connectivity index (χ3v) is 3.45. The number of hydrogen-bond donors (Lipinski definition) is 0. The van der Waals surface area contributed by atoms with Crippen LogP contribution in [0, 0.1) is 13.8 Å². The van der Waals surface area contributed by atoms with E-state index in [1.165, 1.54) is 0 Å². The Labute approximate surface area is 121 Å². The molecule has 0 aromatic carbocycles. The number of nitrogens with zero attached hydrogens (tertiary/aromatic N) is 4. The number of fused-ring (bicyclic) bond motifs is 1. The lowest BCUT2D eigenvalue weighted by atomic mass is 10.4. The molecule has 0 saturated heterocycles. The summed E-state index contributed by atoms with van der Waals surface area (Å²) in [6.07, 6.45) is 1.75. The van der Waals surface area contributed by atoms with Crippen LogP contribution in [0.15, 0.2) is 22.7 Å². The van der Waals surface area contributed by atoms with E-state index in [0.29, 0.717) is 12.4 Å². The average molecular weight is 291 g/mol. The highest BCUT2D eigenvalue weighted by atomic mass is 35.5. The normalized spacial score (nSPS) is 13.0. The summed E-state index contributed by atoms with van der Waals surface area (Å²) in [5.41, 5.74) is 2.52. The number of aromatic nitrogens is 4. The second-order valence-electron chi connectivity index (χ2n) is 4.77. The van der Waals surface area contributed by atoms with Crippen molar-refractivity contribution in [3.05, 3.63) is 41.5 Å². The minimum Gasteiger partial charge on any atom is -0.444 e. The molecule has 3 rings (SSSR count). The Morgan fingerprint density at radius 2 is 2.15 bits per heavy atom. The lowest BCUT2D eigenvalue weighted by molar-refractivity contribution is 0.455. The average Bonchev–Trinajstić information content (AvgIpc) is 2.92. The Bertz CT molecular complexity index is 740. The molecule has 0 amide bonds. The van der Waals surface area contributed by atoms with Gasteiger partial charge in [-0.25, -0.2) is 15.0 Å². The molecule has 0 spiro atoms. The van der Waals surface area contributed by atoms with Gasteiger partial charge in [0.1, 0.15) is 23.6 Å². The van der Waals surface area contributed by atoms with Crippen LogP contribution in [-0.2, 0) is 6.54 Å². The van der Waals surface area contributed by atoms with Crippen LogP contribution in [0.1, 0.15) is 35.5 Å². The summed E-state index contributed by atoms with van der Waals surface area (Å²) in [6.45, 7) is 6.21. The van der Waals surface area contributed by atoms with E-state index < -0.39 is 0 Å². The van der Waals surface area contributed by atoms with Crippen LogP contribution in [0.2, 0.25) is 0 Å². The maximum atomic E-state index is 6.22. The topological polar surface area (TPSA) is 56.7 Å². The molecule has 1 unspecified atom stereocenters. The first kappa shape index (κ1) is 13.1. The fourth-order valence-electron chi connectivity index (χ4n) is 2.18. The van der Waals surface area contributed by atoms with Gasteiger partial charge in [0, 0.05) is 6.20 Å². The zero-order valence-electron chi connectivity index (χ0n) is 11.6. The SMILES string of the molecule is Cc1nc(Cn2c(C(C)Cl)nc3cccnc32)oc1C. The van der Waals surface area contributed by atoms with Crippen LogP contribution in [0.4, 0.5) is 0 Å². The van der Waals surface area contributed by atoms with Crippen LogP contribution >= 0.6 is 11.6 Å². The quantitative estimate of drug-likeness (QED) is 0.694. The third-order valence-electron chi connectivity index (χ3n) is 3.26. The number of halogens is 1. The molecule has 0 aliphatic rings. The zero-order chi connectivity index (χ0) is 14.3. The zero-order valence-corrected chi connectivity index (χ0v) is 12.3. The molecule has 3 aromatic rings. The Morgan fingerprint density at radius 3 is 2.80 bits per heavy atom. The predicted octanol–water partition coefficient (Wildman–Crippen LogP) is 3.38. The Balaban J connectivity index is 2.11. The largest absolute Gasteiger partial charge is 0.444 e. The Kier molecular flexibility index (Phi) is 3.22. The van der Waals surface area contributed by atoms with Crippen LogP contribution in [0.3, 0.4) is 0 Å². The number of pyridine rings is 1. The third kappa shape index (κ3) is 2.18. The molecule has 3 heterocycles. The van der Waals surface area contributed by atoms with Gasteiger partial charge in [-0.1, -0.05) is 0 Å². The smallest absolute Gasteiger partial charge is 0.214 e.